The minimum Gasteiger partial charge on any atom is -0.337 e. The van der Waals surface area contributed by atoms with Gasteiger partial charge >= 0.3 is 0 Å². The van der Waals surface area contributed by atoms with Crippen molar-refractivity contribution in [1.82, 2.24) is 4.90 Å². The lowest BCUT2D eigenvalue weighted by Gasteiger charge is -2.20. The fourth-order valence-corrected chi connectivity index (χ4v) is 3.01. The molecule has 0 N–H and O–H groups in total. The monoisotopic (exact) mass is 342 g/mol. The third-order valence-corrected chi connectivity index (χ3v) is 4.41. The van der Waals surface area contributed by atoms with Gasteiger partial charge in [0.15, 0.2) is 0 Å². The molecule has 0 saturated carbocycles. The summed E-state index contributed by atoms with van der Waals surface area (Å²) in [6.45, 7) is 1.22. The van der Waals surface area contributed by atoms with Gasteiger partial charge in [0.05, 0.1) is 0 Å². The van der Waals surface area contributed by atoms with Crippen molar-refractivity contribution in [1.29, 1.82) is 0 Å². The molecule has 2 aromatic rings. The number of halogens is 1. The molecule has 0 unspecified atom stereocenters. The molecule has 1 aliphatic heterocycles. The standard InChI is InChI=1S/C19H19ClN2O2/c1-21(13-14-7-9-16(20)10-8-14)19(24)15-4-2-5-17(12-15)22-11-3-6-18(22)23/h2,4-5,7-10,12H,3,6,11,13H2,1H3. The van der Waals surface area contributed by atoms with E-state index in [1.807, 2.05) is 36.4 Å². The summed E-state index contributed by atoms with van der Waals surface area (Å²) < 4.78 is 0. The van der Waals surface area contributed by atoms with E-state index in [1.54, 1.807) is 29.0 Å². The van der Waals surface area contributed by atoms with E-state index in [-0.39, 0.29) is 11.8 Å². The molecule has 1 fully saturated rings. The number of nitrogens with zero attached hydrogens (tertiary/aromatic N) is 2. The second kappa shape index (κ2) is 7.05. The van der Waals surface area contributed by atoms with E-state index >= 15 is 0 Å². The van der Waals surface area contributed by atoms with Crippen LogP contribution in [-0.4, -0.2) is 30.3 Å². The molecule has 0 aromatic heterocycles. The number of anilines is 1. The lowest BCUT2D eigenvalue weighted by Crippen LogP contribution is -2.27. The fourth-order valence-electron chi connectivity index (χ4n) is 2.88. The van der Waals surface area contributed by atoms with Crippen LogP contribution in [0.1, 0.15) is 28.8 Å². The molecule has 1 aliphatic rings. The van der Waals surface area contributed by atoms with Crippen molar-refractivity contribution in [2.45, 2.75) is 19.4 Å². The zero-order valence-electron chi connectivity index (χ0n) is 13.5. The average molecular weight is 343 g/mol. The molecule has 0 radical (unpaired) electrons. The summed E-state index contributed by atoms with van der Waals surface area (Å²) >= 11 is 5.89. The van der Waals surface area contributed by atoms with Crippen LogP contribution in [-0.2, 0) is 11.3 Å². The largest absolute Gasteiger partial charge is 0.337 e. The predicted octanol–water partition coefficient (Wildman–Crippen LogP) is 3.74. The van der Waals surface area contributed by atoms with Crippen LogP contribution >= 0.6 is 11.6 Å². The van der Waals surface area contributed by atoms with E-state index in [9.17, 15) is 9.59 Å². The number of carbonyl (C=O) groups is 2. The molecule has 3 rings (SSSR count). The molecule has 1 heterocycles. The van der Waals surface area contributed by atoms with Crippen LogP contribution in [0.2, 0.25) is 5.02 Å². The van der Waals surface area contributed by atoms with Crippen molar-refractivity contribution in [3.05, 3.63) is 64.7 Å². The maximum absolute atomic E-state index is 12.7. The molecule has 24 heavy (non-hydrogen) atoms. The Morgan fingerprint density at radius 1 is 1.21 bits per heavy atom. The maximum Gasteiger partial charge on any atom is 0.253 e. The van der Waals surface area contributed by atoms with Gasteiger partial charge in [-0.1, -0.05) is 29.8 Å². The molecule has 0 aliphatic carbocycles. The number of hydrogen-bond acceptors (Lipinski definition) is 2. The van der Waals surface area contributed by atoms with Crippen LogP contribution in [0.3, 0.4) is 0 Å². The highest BCUT2D eigenvalue weighted by atomic mass is 35.5. The number of hydrogen-bond donors (Lipinski definition) is 0. The highest BCUT2D eigenvalue weighted by Crippen LogP contribution is 2.23. The number of amides is 2. The fraction of sp³-hybridized carbons (Fsp3) is 0.263. The van der Waals surface area contributed by atoms with Crippen LogP contribution in [0.15, 0.2) is 48.5 Å². The first kappa shape index (κ1) is 16.5. The smallest absolute Gasteiger partial charge is 0.253 e. The zero-order chi connectivity index (χ0) is 17.1. The van der Waals surface area contributed by atoms with Crippen LogP contribution < -0.4 is 4.90 Å². The van der Waals surface area contributed by atoms with Gasteiger partial charge in [-0.25, -0.2) is 0 Å². The first-order valence-electron chi connectivity index (χ1n) is 7.95. The van der Waals surface area contributed by atoms with E-state index in [4.69, 9.17) is 11.6 Å². The quantitative estimate of drug-likeness (QED) is 0.849. The Bertz CT molecular complexity index is 758. The molecule has 1 saturated heterocycles. The third-order valence-electron chi connectivity index (χ3n) is 4.16. The number of carbonyl (C=O) groups excluding carboxylic acids is 2. The Morgan fingerprint density at radius 2 is 1.96 bits per heavy atom. The minimum atomic E-state index is -0.0709. The molecule has 5 heteroatoms. The third kappa shape index (κ3) is 3.60. The van der Waals surface area contributed by atoms with Crippen molar-refractivity contribution in [3.8, 4) is 0 Å². The molecular formula is C19H19ClN2O2. The number of benzene rings is 2. The molecular weight excluding hydrogens is 324 g/mol. The second-order valence-electron chi connectivity index (χ2n) is 5.99. The predicted molar refractivity (Wildman–Crippen MR) is 95.3 cm³/mol. The Morgan fingerprint density at radius 3 is 2.62 bits per heavy atom. The average Bonchev–Trinajstić information content (AvgIpc) is 3.02. The Labute approximate surface area is 146 Å². The molecule has 0 atom stereocenters. The number of rotatable bonds is 4. The van der Waals surface area contributed by atoms with Gasteiger partial charge in [-0.05, 0) is 42.3 Å². The van der Waals surface area contributed by atoms with Gasteiger partial charge in [0, 0.05) is 42.8 Å². The molecule has 0 spiro atoms. The SMILES string of the molecule is CN(Cc1ccc(Cl)cc1)C(=O)c1cccc(N2CCCC2=O)c1. The van der Waals surface area contributed by atoms with Crippen molar-refractivity contribution in [2.24, 2.45) is 0 Å². The van der Waals surface area contributed by atoms with Gasteiger partial charge in [0.25, 0.3) is 5.91 Å². The van der Waals surface area contributed by atoms with Crippen LogP contribution in [0.4, 0.5) is 5.69 Å². The Balaban J connectivity index is 1.74. The summed E-state index contributed by atoms with van der Waals surface area (Å²) in [5.41, 5.74) is 2.40. The molecule has 2 aromatic carbocycles. The van der Waals surface area contributed by atoms with Gasteiger partial charge in [-0.15, -0.1) is 0 Å². The highest BCUT2D eigenvalue weighted by molar-refractivity contribution is 6.30. The zero-order valence-corrected chi connectivity index (χ0v) is 14.3. The van der Waals surface area contributed by atoms with E-state index in [0.29, 0.717) is 23.6 Å². The van der Waals surface area contributed by atoms with Crippen molar-refractivity contribution in [2.75, 3.05) is 18.5 Å². The topological polar surface area (TPSA) is 40.6 Å². The molecule has 124 valence electrons. The van der Waals surface area contributed by atoms with Gasteiger partial charge in [0.2, 0.25) is 5.91 Å². The summed E-state index contributed by atoms with van der Waals surface area (Å²) in [7, 11) is 1.77. The minimum absolute atomic E-state index is 0.0709. The summed E-state index contributed by atoms with van der Waals surface area (Å²) in [5, 5.41) is 0.677. The molecule has 4 nitrogen and oxygen atoms in total. The van der Waals surface area contributed by atoms with Gasteiger partial charge in [0.1, 0.15) is 0 Å². The van der Waals surface area contributed by atoms with Gasteiger partial charge < -0.3 is 9.80 Å². The van der Waals surface area contributed by atoms with Gasteiger partial charge in [-0.2, -0.15) is 0 Å². The lowest BCUT2D eigenvalue weighted by molar-refractivity contribution is -0.117. The van der Waals surface area contributed by atoms with E-state index in [1.165, 1.54) is 0 Å². The summed E-state index contributed by atoms with van der Waals surface area (Å²) in [6, 6.07) is 14.7. The van der Waals surface area contributed by atoms with Crippen LogP contribution in [0, 0.1) is 0 Å². The highest BCUT2D eigenvalue weighted by Gasteiger charge is 2.22. The van der Waals surface area contributed by atoms with Gasteiger partial charge in [-0.3, -0.25) is 9.59 Å². The van der Waals surface area contributed by atoms with Crippen LogP contribution in [0.5, 0.6) is 0 Å². The van der Waals surface area contributed by atoms with Crippen LogP contribution in [0.25, 0.3) is 0 Å². The first-order valence-corrected chi connectivity index (χ1v) is 8.33. The first-order chi connectivity index (χ1) is 11.5. The van der Waals surface area contributed by atoms with Crippen molar-refractivity contribution < 1.29 is 9.59 Å². The molecule has 2 amide bonds. The maximum atomic E-state index is 12.7. The summed E-state index contributed by atoms with van der Waals surface area (Å²) in [6.07, 6.45) is 1.45. The molecule has 0 bridgehead atoms. The summed E-state index contributed by atoms with van der Waals surface area (Å²) in [5.74, 6) is 0.0487. The van der Waals surface area contributed by atoms with E-state index < -0.39 is 0 Å². The van der Waals surface area contributed by atoms with E-state index in [2.05, 4.69) is 0 Å². The van der Waals surface area contributed by atoms with Crippen molar-refractivity contribution >= 4 is 29.1 Å². The second-order valence-corrected chi connectivity index (χ2v) is 6.42. The Kier molecular flexibility index (Phi) is 4.86. The normalized spacial score (nSPS) is 14.1. The van der Waals surface area contributed by atoms with E-state index in [0.717, 1.165) is 24.2 Å². The lowest BCUT2D eigenvalue weighted by atomic mass is 10.1. The summed E-state index contributed by atoms with van der Waals surface area (Å²) in [4.78, 5) is 27.9. The Hall–Kier alpha value is -2.33. The van der Waals surface area contributed by atoms with Crippen molar-refractivity contribution in [3.63, 3.8) is 0 Å².